The van der Waals surface area contributed by atoms with E-state index in [-0.39, 0.29) is 12.4 Å². The summed E-state index contributed by atoms with van der Waals surface area (Å²) in [7, 11) is 0. The fourth-order valence-electron chi connectivity index (χ4n) is 1.47. The Labute approximate surface area is 121 Å². The maximum Gasteiger partial charge on any atom is 0.325 e. The van der Waals surface area contributed by atoms with E-state index < -0.39 is 5.97 Å². The van der Waals surface area contributed by atoms with Crippen LogP contribution in [0.3, 0.4) is 0 Å². The molecular formula is C10H8N6O4S. The van der Waals surface area contributed by atoms with Gasteiger partial charge >= 0.3 is 5.97 Å². The zero-order valence-corrected chi connectivity index (χ0v) is 11.2. The number of nitrogens with zero attached hydrogens (tertiary/aromatic N) is 6. The molecule has 11 heteroatoms. The van der Waals surface area contributed by atoms with Crippen molar-refractivity contribution in [2.24, 2.45) is 0 Å². The van der Waals surface area contributed by atoms with E-state index in [2.05, 4.69) is 25.7 Å². The highest BCUT2D eigenvalue weighted by molar-refractivity contribution is 7.98. The molecule has 0 saturated carbocycles. The third kappa shape index (κ3) is 3.08. The van der Waals surface area contributed by atoms with Crippen LogP contribution in [0.5, 0.6) is 0 Å². The highest BCUT2D eigenvalue weighted by atomic mass is 32.2. The molecule has 108 valence electrons. The lowest BCUT2D eigenvalue weighted by Crippen LogP contribution is -2.11. The number of carboxylic acid groups (broad SMARTS) is 1. The Kier molecular flexibility index (Phi) is 3.64. The Bertz CT molecular complexity index is 736. The summed E-state index contributed by atoms with van der Waals surface area (Å²) in [6.45, 7) is -0.309. The molecule has 0 aliphatic carbocycles. The minimum absolute atomic E-state index is 0.278. The first kappa shape index (κ1) is 13.3. The smallest absolute Gasteiger partial charge is 0.325 e. The van der Waals surface area contributed by atoms with Gasteiger partial charge in [-0.15, -0.1) is 15.3 Å². The largest absolute Gasteiger partial charge is 0.480 e. The van der Waals surface area contributed by atoms with Crippen molar-refractivity contribution in [1.29, 1.82) is 0 Å². The van der Waals surface area contributed by atoms with Gasteiger partial charge in [-0.1, -0.05) is 11.8 Å². The van der Waals surface area contributed by atoms with Crippen molar-refractivity contribution in [3.63, 3.8) is 0 Å². The molecule has 3 aromatic rings. The van der Waals surface area contributed by atoms with E-state index in [0.717, 1.165) is 0 Å². The summed E-state index contributed by atoms with van der Waals surface area (Å²) in [6, 6.07) is 3.42. The molecule has 0 spiro atoms. The van der Waals surface area contributed by atoms with Crippen LogP contribution in [-0.2, 0) is 17.1 Å². The standard InChI is InChI=1S/C10H8N6O4S/c17-8(18)4-16-10(13-14-15-16)21-5-7-11-12-9(20-7)6-2-1-3-19-6/h1-3H,4-5H2,(H,17,18). The summed E-state index contributed by atoms with van der Waals surface area (Å²) >= 11 is 1.20. The molecule has 0 aliphatic heterocycles. The minimum Gasteiger partial charge on any atom is -0.480 e. The Morgan fingerprint density at radius 2 is 2.29 bits per heavy atom. The van der Waals surface area contributed by atoms with Crippen LogP contribution in [0.2, 0.25) is 0 Å². The number of aromatic nitrogens is 6. The second-order valence-corrected chi connectivity index (χ2v) is 4.72. The minimum atomic E-state index is -1.03. The second kappa shape index (κ2) is 5.75. The van der Waals surface area contributed by atoms with E-state index in [1.807, 2.05) is 0 Å². The lowest BCUT2D eigenvalue weighted by molar-refractivity contribution is -0.138. The molecule has 3 rings (SSSR count). The summed E-state index contributed by atoms with van der Waals surface area (Å²) < 4.78 is 11.7. The van der Waals surface area contributed by atoms with Crippen LogP contribution >= 0.6 is 11.8 Å². The SMILES string of the molecule is O=C(O)Cn1nnnc1SCc1nnc(-c2ccco2)o1. The van der Waals surface area contributed by atoms with Crippen LogP contribution in [0.4, 0.5) is 0 Å². The van der Waals surface area contributed by atoms with Crippen LogP contribution in [0.1, 0.15) is 5.89 Å². The second-order valence-electron chi connectivity index (χ2n) is 3.78. The third-order valence-corrected chi connectivity index (χ3v) is 3.25. The van der Waals surface area contributed by atoms with Gasteiger partial charge < -0.3 is 13.9 Å². The zero-order valence-electron chi connectivity index (χ0n) is 10.4. The molecule has 3 aromatic heterocycles. The van der Waals surface area contributed by atoms with E-state index in [1.165, 1.54) is 22.7 Å². The number of thioether (sulfide) groups is 1. The molecule has 0 bridgehead atoms. The highest BCUT2D eigenvalue weighted by Crippen LogP contribution is 2.22. The van der Waals surface area contributed by atoms with Gasteiger partial charge in [0.05, 0.1) is 12.0 Å². The van der Waals surface area contributed by atoms with E-state index >= 15 is 0 Å². The van der Waals surface area contributed by atoms with Gasteiger partial charge in [-0.2, -0.15) is 0 Å². The quantitative estimate of drug-likeness (QED) is 0.648. The topological polar surface area (TPSA) is 133 Å². The molecular weight excluding hydrogens is 300 g/mol. The van der Waals surface area contributed by atoms with Crippen LogP contribution in [0, 0.1) is 0 Å². The average molecular weight is 308 g/mol. The van der Waals surface area contributed by atoms with Crippen molar-refractivity contribution >= 4 is 17.7 Å². The maximum atomic E-state index is 10.7. The zero-order chi connectivity index (χ0) is 14.7. The molecule has 0 atom stereocenters. The van der Waals surface area contributed by atoms with Crippen molar-refractivity contribution in [1.82, 2.24) is 30.4 Å². The van der Waals surface area contributed by atoms with Gasteiger partial charge in [-0.25, -0.2) is 4.68 Å². The van der Waals surface area contributed by atoms with Crippen LogP contribution in [0.25, 0.3) is 11.7 Å². The highest BCUT2D eigenvalue weighted by Gasteiger charge is 2.14. The number of tetrazole rings is 1. The fourth-order valence-corrected chi connectivity index (χ4v) is 2.18. The Morgan fingerprint density at radius 1 is 1.38 bits per heavy atom. The molecule has 3 heterocycles. The number of carbonyl (C=O) groups is 1. The Morgan fingerprint density at radius 3 is 3.05 bits per heavy atom. The van der Waals surface area contributed by atoms with E-state index in [9.17, 15) is 4.79 Å². The van der Waals surface area contributed by atoms with Gasteiger partial charge in [0.15, 0.2) is 5.76 Å². The summed E-state index contributed by atoms with van der Waals surface area (Å²) in [5.74, 6) is 0.404. The van der Waals surface area contributed by atoms with Crippen LogP contribution < -0.4 is 0 Å². The van der Waals surface area contributed by atoms with Gasteiger partial charge in [-0.3, -0.25) is 4.79 Å². The molecule has 0 aromatic carbocycles. The number of carboxylic acids is 1. The lowest BCUT2D eigenvalue weighted by Gasteiger charge is -1.98. The molecule has 1 N–H and O–H groups in total. The first-order valence-corrected chi connectivity index (χ1v) is 6.68. The van der Waals surface area contributed by atoms with Crippen molar-refractivity contribution in [3.05, 3.63) is 24.3 Å². The predicted octanol–water partition coefficient (Wildman–Crippen LogP) is 0.693. The van der Waals surface area contributed by atoms with Crippen molar-refractivity contribution in [3.8, 4) is 11.7 Å². The lowest BCUT2D eigenvalue weighted by atomic mass is 10.5. The first-order chi connectivity index (χ1) is 10.2. The molecule has 0 radical (unpaired) electrons. The Hall–Kier alpha value is -2.69. The molecule has 10 nitrogen and oxygen atoms in total. The fraction of sp³-hybridized carbons (Fsp3) is 0.200. The molecule has 0 unspecified atom stereocenters. The molecule has 21 heavy (non-hydrogen) atoms. The molecule has 0 amide bonds. The van der Waals surface area contributed by atoms with Crippen molar-refractivity contribution in [2.75, 3.05) is 0 Å². The summed E-state index contributed by atoms with van der Waals surface area (Å²) in [5, 5.41) is 27.6. The number of rotatable bonds is 6. The van der Waals surface area contributed by atoms with Crippen molar-refractivity contribution < 1.29 is 18.7 Å². The maximum absolute atomic E-state index is 10.7. The average Bonchev–Trinajstić information content (AvgIpc) is 3.17. The molecule has 0 aliphatic rings. The van der Waals surface area contributed by atoms with E-state index in [4.69, 9.17) is 13.9 Å². The van der Waals surface area contributed by atoms with Gasteiger partial charge in [0.2, 0.25) is 11.0 Å². The summed E-state index contributed by atoms with van der Waals surface area (Å²) in [4.78, 5) is 10.7. The summed E-state index contributed by atoms with van der Waals surface area (Å²) in [5.41, 5.74) is 0. The van der Waals surface area contributed by atoms with Gasteiger partial charge in [0.25, 0.3) is 5.89 Å². The normalized spacial score (nSPS) is 10.9. The monoisotopic (exact) mass is 308 g/mol. The van der Waals surface area contributed by atoms with Crippen molar-refractivity contribution in [2.45, 2.75) is 17.5 Å². The number of hydrogen-bond acceptors (Lipinski definition) is 9. The van der Waals surface area contributed by atoms with Crippen LogP contribution in [-0.4, -0.2) is 41.5 Å². The third-order valence-electron chi connectivity index (χ3n) is 2.31. The van der Waals surface area contributed by atoms with Gasteiger partial charge in [-0.05, 0) is 22.6 Å². The first-order valence-electron chi connectivity index (χ1n) is 5.69. The summed E-state index contributed by atoms with van der Waals surface area (Å²) in [6.07, 6.45) is 1.51. The van der Waals surface area contributed by atoms with Gasteiger partial charge in [0, 0.05) is 0 Å². The number of aliphatic carboxylic acids is 1. The Balaban J connectivity index is 1.66. The van der Waals surface area contributed by atoms with Gasteiger partial charge in [0.1, 0.15) is 6.54 Å². The predicted molar refractivity (Wildman–Crippen MR) is 67.0 cm³/mol. The van der Waals surface area contributed by atoms with E-state index in [1.54, 1.807) is 12.1 Å². The number of hydrogen-bond donors (Lipinski definition) is 1. The number of furan rings is 1. The van der Waals surface area contributed by atoms with Crippen LogP contribution in [0.15, 0.2) is 32.4 Å². The molecule has 0 saturated heterocycles. The van der Waals surface area contributed by atoms with E-state index in [0.29, 0.717) is 22.6 Å². The molecule has 0 fully saturated rings.